The van der Waals surface area contributed by atoms with Gasteiger partial charge in [-0.1, -0.05) is 22.0 Å². The lowest BCUT2D eigenvalue weighted by atomic mass is 9.81. The summed E-state index contributed by atoms with van der Waals surface area (Å²) in [7, 11) is 0. The van der Waals surface area contributed by atoms with E-state index >= 15 is 0 Å². The highest BCUT2D eigenvalue weighted by Gasteiger charge is 2.31. The molecule has 5 heteroatoms. The minimum absolute atomic E-state index is 0.00901. The summed E-state index contributed by atoms with van der Waals surface area (Å²) < 4.78 is 0.948. The molecule has 0 saturated heterocycles. The van der Waals surface area contributed by atoms with Gasteiger partial charge >= 0.3 is 0 Å². The van der Waals surface area contributed by atoms with E-state index in [1.54, 1.807) is 0 Å². The zero-order valence-corrected chi connectivity index (χ0v) is 15.4. The SMILES string of the molecule is CCN(CC)C(=O)C1CCC(C(=O)Nc2cccc(Br)c2)CC1. The number of anilines is 1. The van der Waals surface area contributed by atoms with E-state index < -0.39 is 0 Å². The van der Waals surface area contributed by atoms with Gasteiger partial charge in [0.25, 0.3) is 0 Å². The summed E-state index contributed by atoms with van der Waals surface area (Å²) in [5.41, 5.74) is 0.811. The highest BCUT2D eigenvalue weighted by atomic mass is 79.9. The van der Waals surface area contributed by atoms with Crippen LogP contribution in [-0.4, -0.2) is 29.8 Å². The molecule has 0 spiro atoms. The Balaban J connectivity index is 1.86. The van der Waals surface area contributed by atoms with Crippen molar-refractivity contribution >= 4 is 33.4 Å². The van der Waals surface area contributed by atoms with Crippen LogP contribution in [0, 0.1) is 11.8 Å². The van der Waals surface area contributed by atoms with Crippen LogP contribution >= 0.6 is 15.9 Å². The quantitative estimate of drug-likeness (QED) is 0.836. The van der Waals surface area contributed by atoms with Gasteiger partial charge in [-0.25, -0.2) is 0 Å². The molecule has 1 aliphatic carbocycles. The van der Waals surface area contributed by atoms with E-state index in [4.69, 9.17) is 0 Å². The van der Waals surface area contributed by atoms with Crippen LogP contribution in [0.5, 0.6) is 0 Å². The second-order valence-electron chi connectivity index (χ2n) is 6.06. The molecular weight excluding hydrogens is 356 g/mol. The maximum absolute atomic E-state index is 12.4. The topological polar surface area (TPSA) is 49.4 Å². The molecular formula is C18H25BrN2O2. The van der Waals surface area contributed by atoms with Crippen molar-refractivity contribution in [3.63, 3.8) is 0 Å². The molecule has 1 aliphatic rings. The molecule has 1 N–H and O–H groups in total. The molecule has 23 heavy (non-hydrogen) atoms. The third-order valence-corrected chi connectivity index (χ3v) is 5.11. The molecule has 4 nitrogen and oxygen atoms in total. The van der Waals surface area contributed by atoms with Crippen LogP contribution in [0.2, 0.25) is 0 Å². The fraction of sp³-hybridized carbons (Fsp3) is 0.556. The van der Waals surface area contributed by atoms with Crippen molar-refractivity contribution < 1.29 is 9.59 Å². The van der Waals surface area contributed by atoms with Crippen molar-refractivity contribution in [2.75, 3.05) is 18.4 Å². The molecule has 1 fully saturated rings. The summed E-state index contributed by atoms with van der Waals surface area (Å²) >= 11 is 3.41. The number of nitrogens with one attached hydrogen (secondary N) is 1. The molecule has 126 valence electrons. The average Bonchev–Trinajstić information content (AvgIpc) is 2.56. The monoisotopic (exact) mass is 380 g/mol. The number of nitrogens with zero attached hydrogens (tertiary/aromatic N) is 1. The summed E-state index contributed by atoms with van der Waals surface area (Å²) in [4.78, 5) is 26.7. The molecule has 0 radical (unpaired) electrons. The van der Waals surface area contributed by atoms with Gasteiger partial charge in [-0.2, -0.15) is 0 Å². The number of halogens is 1. The summed E-state index contributed by atoms with van der Waals surface area (Å²) in [5.74, 6) is 0.414. The Kier molecular flexibility index (Phi) is 6.63. The number of hydrogen-bond donors (Lipinski definition) is 1. The van der Waals surface area contributed by atoms with E-state index in [2.05, 4.69) is 21.2 Å². The maximum atomic E-state index is 12.4. The Bertz CT molecular complexity index is 550. The van der Waals surface area contributed by atoms with Gasteiger partial charge in [0.05, 0.1) is 0 Å². The third kappa shape index (κ3) is 4.80. The van der Waals surface area contributed by atoms with Gasteiger partial charge in [-0.05, 0) is 57.7 Å². The third-order valence-electron chi connectivity index (χ3n) is 4.61. The normalized spacial score (nSPS) is 20.8. The fourth-order valence-corrected chi connectivity index (χ4v) is 3.61. The molecule has 1 aromatic rings. The van der Waals surface area contributed by atoms with Gasteiger partial charge in [0.2, 0.25) is 11.8 Å². The summed E-state index contributed by atoms with van der Waals surface area (Å²) in [6.45, 7) is 5.55. The first kappa shape index (κ1) is 18.0. The lowest BCUT2D eigenvalue weighted by Gasteiger charge is -2.30. The van der Waals surface area contributed by atoms with Crippen LogP contribution in [0.3, 0.4) is 0 Å². The van der Waals surface area contributed by atoms with Crippen LogP contribution in [0.15, 0.2) is 28.7 Å². The van der Waals surface area contributed by atoms with Gasteiger partial charge in [0.15, 0.2) is 0 Å². The van der Waals surface area contributed by atoms with Gasteiger partial charge in [-0.15, -0.1) is 0 Å². The van der Waals surface area contributed by atoms with Gasteiger partial charge in [0, 0.05) is 35.1 Å². The van der Waals surface area contributed by atoms with Crippen LogP contribution in [0.4, 0.5) is 5.69 Å². The molecule has 0 aromatic heterocycles. The number of carbonyl (C=O) groups is 2. The summed E-state index contributed by atoms with van der Waals surface area (Å²) in [5, 5.41) is 2.98. The lowest BCUT2D eigenvalue weighted by molar-refractivity contribution is -0.137. The first-order chi connectivity index (χ1) is 11.0. The Morgan fingerprint density at radius 1 is 1.13 bits per heavy atom. The standard InChI is InChI=1S/C18H25BrN2O2/c1-3-21(4-2)18(23)14-10-8-13(9-11-14)17(22)20-16-7-5-6-15(19)12-16/h5-7,12-14H,3-4,8-11H2,1-2H3,(H,20,22). The summed E-state index contributed by atoms with van der Waals surface area (Å²) in [6.07, 6.45) is 3.20. The predicted octanol–water partition coefficient (Wildman–Crippen LogP) is 4.06. The number of amides is 2. The molecule has 0 unspecified atom stereocenters. The van der Waals surface area contributed by atoms with Crippen LogP contribution in [0.25, 0.3) is 0 Å². The van der Waals surface area contributed by atoms with Gasteiger partial charge in [-0.3, -0.25) is 9.59 Å². The summed E-state index contributed by atoms with van der Waals surface area (Å²) in [6, 6.07) is 7.62. The number of benzene rings is 1. The van der Waals surface area contributed by atoms with Crippen molar-refractivity contribution in [3.8, 4) is 0 Å². The predicted molar refractivity (Wildman–Crippen MR) is 96.1 cm³/mol. The smallest absolute Gasteiger partial charge is 0.227 e. The van der Waals surface area contributed by atoms with E-state index in [0.29, 0.717) is 0 Å². The molecule has 2 rings (SSSR count). The van der Waals surface area contributed by atoms with Crippen LogP contribution in [0.1, 0.15) is 39.5 Å². The largest absolute Gasteiger partial charge is 0.343 e. The van der Waals surface area contributed by atoms with Crippen LogP contribution < -0.4 is 5.32 Å². The fourth-order valence-electron chi connectivity index (χ4n) is 3.21. The molecule has 1 aromatic carbocycles. The second-order valence-corrected chi connectivity index (χ2v) is 6.97. The van der Waals surface area contributed by atoms with Gasteiger partial charge < -0.3 is 10.2 Å². The molecule has 0 bridgehead atoms. The van der Waals surface area contributed by atoms with Crippen LogP contribution in [-0.2, 0) is 9.59 Å². The van der Waals surface area contributed by atoms with Crippen molar-refractivity contribution in [1.82, 2.24) is 4.90 Å². The molecule has 0 aliphatic heterocycles. The van der Waals surface area contributed by atoms with Crippen molar-refractivity contribution in [2.45, 2.75) is 39.5 Å². The van der Waals surface area contributed by atoms with Crippen molar-refractivity contribution in [1.29, 1.82) is 0 Å². The van der Waals surface area contributed by atoms with E-state index in [1.165, 1.54) is 0 Å². The Labute approximate surface area is 146 Å². The van der Waals surface area contributed by atoms with E-state index in [0.717, 1.165) is 48.9 Å². The lowest BCUT2D eigenvalue weighted by Crippen LogP contribution is -2.38. The number of rotatable bonds is 5. The molecule has 0 heterocycles. The van der Waals surface area contributed by atoms with E-state index in [-0.39, 0.29) is 23.7 Å². The maximum Gasteiger partial charge on any atom is 0.227 e. The zero-order valence-electron chi connectivity index (χ0n) is 13.8. The minimum atomic E-state index is 0.00901. The first-order valence-electron chi connectivity index (χ1n) is 8.40. The van der Waals surface area contributed by atoms with Crippen molar-refractivity contribution in [3.05, 3.63) is 28.7 Å². The van der Waals surface area contributed by atoms with E-state index in [1.807, 2.05) is 43.0 Å². The average molecular weight is 381 g/mol. The highest BCUT2D eigenvalue weighted by molar-refractivity contribution is 9.10. The molecule has 0 atom stereocenters. The zero-order chi connectivity index (χ0) is 16.8. The minimum Gasteiger partial charge on any atom is -0.343 e. The second kappa shape index (κ2) is 8.48. The number of hydrogen-bond acceptors (Lipinski definition) is 2. The Morgan fingerprint density at radius 2 is 1.74 bits per heavy atom. The van der Waals surface area contributed by atoms with E-state index in [9.17, 15) is 9.59 Å². The first-order valence-corrected chi connectivity index (χ1v) is 9.19. The Hall–Kier alpha value is -1.36. The van der Waals surface area contributed by atoms with Gasteiger partial charge in [0.1, 0.15) is 0 Å². The number of carbonyl (C=O) groups excluding carboxylic acids is 2. The van der Waals surface area contributed by atoms with Crippen molar-refractivity contribution in [2.24, 2.45) is 11.8 Å². The Morgan fingerprint density at radius 3 is 2.30 bits per heavy atom. The molecule has 2 amide bonds. The molecule has 1 saturated carbocycles. The highest BCUT2D eigenvalue weighted by Crippen LogP contribution is 2.31.